The molecule has 0 amide bonds. The largest absolute Gasteiger partial charge is 0.478 e. The lowest BCUT2D eigenvalue weighted by molar-refractivity contribution is -0.132. The monoisotopic (exact) mass is 417 g/mol. The van der Waals surface area contributed by atoms with Crippen LogP contribution in [0.2, 0.25) is 0 Å². The summed E-state index contributed by atoms with van der Waals surface area (Å²) in [5.41, 5.74) is 0.176. The molecule has 0 saturated heterocycles. The number of carbonyl (C=O) groups is 1. The maximum Gasteiger partial charge on any atom is 0.330 e. The molecule has 3 nitrogen and oxygen atoms in total. The van der Waals surface area contributed by atoms with E-state index in [1.807, 2.05) is 0 Å². The Bertz CT molecular complexity index is 373. The van der Waals surface area contributed by atoms with Gasteiger partial charge in [0.2, 0.25) is 0 Å². The van der Waals surface area contributed by atoms with Crippen LogP contribution in [0, 0.1) is 0 Å². The zero-order valence-corrected chi connectivity index (χ0v) is 20.3. The number of aliphatic carboxylic acids is 1. The van der Waals surface area contributed by atoms with Gasteiger partial charge in [0.05, 0.1) is 5.00 Å². The molecule has 28 heavy (non-hydrogen) atoms. The molecule has 0 fully saturated rings. The first-order valence-corrected chi connectivity index (χ1v) is 11.8. The average Bonchev–Trinajstić information content (AvgIpc) is 2.65. The molecule has 0 aromatic carbocycles. The SMILES string of the molecule is C=C(C)C(=O)O.CCCCCCCCCCCCCCCC(Cl)(CC)N(C)C. The van der Waals surface area contributed by atoms with Gasteiger partial charge in [-0.15, -0.1) is 11.6 Å². The van der Waals surface area contributed by atoms with Gasteiger partial charge >= 0.3 is 5.97 Å². The number of nitrogens with zero attached hydrogens (tertiary/aromatic N) is 1. The first-order chi connectivity index (χ1) is 13.2. The lowest BCUT2D eigenvalue weighted by atomic mass is 10.0. The minimum atomic E-state index is -0.935. The Balaban J connectivity index is 0. The van der Waals surface area contributed by atoms with Crippen molar-refractivity contribution < 1.29 is 9.90 Å². The van der Waals surface area contributed by atoms with Crippen LogP contribution in [0.4, 0.5) is 0 Å². The summed E-state index contributed by atoms with van der Waals surface area (Å²) in [7, 11) is 4.19. The quantitative estimate of drug-likeness (QED) is 0.113. The number of unbranched alkanes of at least 4 members (excludes halogenated alkanes) is 12. The summed E-state index contributed by atoms with van der Waals surface area (Å²) in [4.78, 5) is 11.7. The second-order valence-electron chi connectivity index (χ2n) is 8.24. The fourth-order valence-electron chi connectivity index (χ4n) is 3.13. The van der Waals surface area contributed by atoms with Crippen molar-refractivity contribution in [3.05, 3.63) is 12.2 Å². The minimum Gasteiger partial charge on any atom is -0.478 e. The molecule has 0 aliphatic rings. The first-order valence-electron chi connectivity index (χ1n) is 11.5. The Morgan fingerprint density at radius 3 is 1.43 bits per heavy atom. The molecular formula is C24H48ClNO2. The van der Waals surface area contributed by atoms with Gasteiger partial charge in [-0.05, 0) is 33.9 Å². The van der Waals surface area contributed by atoms with Crippen molar-refractivity contribution in [2.24, 2.45) is 0 Å². The van der Waals surface area contributed by atoms with Crippen LogP contribution < -0.4 is 0 Å². The van der Waals surface area contributed by atoms with Gasteiger partial charge in [0.15, 0.2) is 0 Å². The standard InChI is InChI=1S/C20H42ClN.C4H6O2/c1-5-7-8-9-10-11-12-13-14-15-16-17-18-19-20(21,6-2)22(3)4;1-3(2)4(5)6/h5-19H2,1-4H3;1H2,2H3,(H,5,6). The topological polar surface area (TPSA) is 40.5 Å². The Labute approximate surface area is 180 Å². The number of halogens is 1. The lowest BCUT2D eigenvalue weighted by Crippen LogP contribution is -2.37. The molecule has 1 N–H and O–H groups in total. The van der Waals surface area contributed by atoms with Crippen LogP contribution in [0.15, 0.2) is 12.2 Å². The van der Waals surface area contributed by atoms with Gasteiger partial charge in [-0.3, -0.25) is 4.90 Å². The predicted octanol–water partition coefficient (Wildman–Crippen LogP) is 8.02. The third kappa shape index (κ3) is 18.8. The minimum absolute atomic E-state index is 0.113. The van der Waals surface area contributed by atoms with Gasteiger partial charge in [-0.1, -0.05) is 104 Å². The van der Waals surface area contributed by atoms with E-state index in [9.17, 15) is 4.79 Å². The maximum absolute atomic E-state index is 9.60. The van der Waals surface area contributed by atoms with Crippen LogP contribution in [-0.2, 0) is 4.79 Å². The molecule has 0 aliphatic carbocycles. The zero-order valence-electron chi connectivity index (χ0n) is 19.5. The second-order valence-corrected chi connectivity index (χ2v) is 8.95. The van der Waals surface area contributed by atoms with Crippen LogP contribution in [0.1, 0.15) is 117 Å². The van der Waals surface area contributed by atoms with Gasteiger partial charge in [0.1, 0.15) is 0 Å². The number of alkyl halides is 1. The van der Waals surface area contributed by atoms with E-state index in [0.717, 1.165) is 12.8 Å². The van der Waals surface area contributed by atoms with E-state index in [4.69, 9.17) is 16.7 Å². The van der Waals surface area contributed by atoms with Crippen molar-refractivity contribution in [3.63, 3.8) is 0 Å². The molecule has 1 atom stereocenters. The van der Waals surface area contributed by atoms with E-state index in [1.165, 1.54) is 90.4 Å². The van der Waals surface area contributed by atoms with Gasteiger partial charge in [-0.25, -0.2) is 4.79 Å². The third-order valence-electron chi connectivity index (χ3n) is 5.37. The fourth-order valence-corrected chi connectivity index (χ4v) is 3.26. The van der Waals surface area contributed by atoms with E-state index in [2.05, 4.69) is 39.4 Å². The van der Waals surface area contributed by atoms with Crippen LogP contribution >= 0.6 is 11.6 Å². The molecule has 0 spiro atoms. The molecule has 1 unspecified atom stereocenters. The number of carboxylic acid groups (broad SMARTS) is 1. The molecule has 0 heterocycles. The number of hydrogen-bond acceptors (Lipinski definition) is 2. The van der Waals surface area contributed by atoms with Crippen LogP contribution in [0.5, 0.6) is 0 Å². The van der Waals surface area contributed by atoms with Crippen LogP contribution in [0.3, 0.4) is 0 Å². The smallest absolute Gasteiger partial charge is 0.330 e. The van der Waals surface area contributed by atoms with Crippen molar-refractivity contribution in [2.45, 2.75) is 122 Å². The summed E-state index contributed by atoms with van der Waals surface area (Å²) in [6.07, 6.45) is 20.5. The van der Waals surface area contributed by atoms with Crippen LogP contribution in [-0.4, -0.2) is 35.1 Å². The molecule has 4 heteroatoms. The predicted molar refractivity (Wildman–Crippen MR) is 125 cm³/mol. The Hall–Kier alpha value is -0.540. The number of carboxylic acids is 1. The third-order valence-corrected chi connectivity index (χ3v) is 6.17. The van der Waals surface area contributed by atoms with E-state index in [0.29, 0.717) is 0 Å². The number of rotatable bonds is 17. The van der Waals surface area contributed by atoms with Gasteiger partial charge in [0.25, 0.3) is 0 Å². The molecule has 0 rings (SSSR count). The molecule has 0 aromatic heterocycles. The highest BCUT2D eigenvalue weighted by Crippen LogP contribution is 2.29. The summed E-state index contributed by atoms with van der Waals surface area (Å²) in [5.74, 6) is -0.935. The van der Waals surface area contributed by atoms with Gasteiger partial charge < -0.3 is 5.11 Å². The molecule has 168 valence electrons. The van der Waals surface area contributed by atoms with Crippen molar-refractivity contribution in [2.75, 3.05) is 14.1 Å². The van der Waals surface area contributed by atoms with Crippen molar-refractivity contribution in [1.82, 2.24) is 4.90 Å². The second kappa shape index (κ2) is 19.8. The van der Waals surface area contributed by atoms with Crippen molar-refractivity contribution in [1.29, 1.82) is 0 Å². The van der Waals surface area contributed by atoms with Gasteiger partial charge in [0, 0.05) is 5.57 Å². The summed E-state index contributed by atoms with van der Waals surface area (Å²) < 4.78 is 0. The highest BCUT2D eigenvalue weighted by molar-refractivity contribution is 6.23. The normalized spacial score (nSPS) is 13.0. The lowest BCUT2D eigenvalue weighted by Gasteiger charge is -2.33. The summed E-state index contributed by atoms with van der Waals surface area (Å²) in [6.45, 7) is 9.08. The molecule has 0 saturated carbocycles. The molecule has 0 aromatic rings. The van der Waals surface area contributed by atoms with E-state index in [-0.39, 0.29) is 10.6 Å². The molecule has 0 aliphatic heterocycles. The summed E-state index contributed by atoms with van der Waals surface area (Å²) >= 11 is 6.63. The Kier molecular flexibility index (Phi) is 20.9. The van der Waals surface area contributed by atoms with E-state index in [1.54, 1.807) is 0 Å². The zero-order chi connectivity index (χ0) is 21.8. The highest BCUT2D eigenvalue weighted by atomic mass is 35.5. The molecule has 0 bridgehead atoms. The first kappa shape index (κ1) is 29.7. The maximum atomic E-state index is 9.60. The molecular weight excluding hydrogens is 370 g/mol. The average molecular weight is 418 g/mol. The summed E-state index contributed by atoms with van der Waals surface area (Å²) in [5, 5.41) is 7.89. The number of hydrogen-bond donors (Lipinski definition) is 1. The fraction of sp³-hybridized carbons (Fsp3) is 0.875. The summed E-state index contributed by atoms with van der Waals surface area (Å²) in [6, 6.07) is 0. The van der Waals surface area contributed by atoms with Crippen molar-refractivity contribution >= 4 is 17.6 Å². The Morgan fingerprint density at radius 1 is 0.857 bits per heavy atom. The van der Waals surface area contributed by atoms with E-state index >= 15 is 0 Å². The molecule has 0 radical (unpaired) electrons. The van der Waals surface area contributed by atoms with E-state index < -0.39 is 5.97 Å². The highest BCUT2D eigenvalue weighted by Gasteiger charge is 2.26. The van der Waals surface area contributed by atoms with Gasteiger partial charge in [-0.2, -0.15) is 0 Å². The Morgan fingerprint density at radius 2 is 1.18 bits per heavy atom. The van der Waals surface area contributed by atoms with Crippen LogP contribution in [0.25, 0.3) is 0 Å². The van der Waals surface area contributed by atoms with Crippen molar-refractivity contribution in [3.8, 4) is 0 Å².